The van der Waals surface area contributed by atoms with Crippen molar-refractivity contribution in [2.24, 2.45) is 4.99 Å². The second-order valence-corrected chi connectivity index (χ2v) is 5.03. The number of nitrogens with one attached hydrogen (secondary N) is 1. The van der Waals surface area contributed by atoms with Crippen LogP contribution in [0.3, 0.4) is 0 Å². The van der Waals surface area contributed by atoms with Crippen molar-refractivity contribution in [1.29, 1.82) is 0 Å². The van der Waals surface area contributed by atoms with Crippen LogP contribution in [0.25, 0.3) is 21.3 Å². The summed E-state index contributed by atoms with van der Waals surface area (Å²) >= 11 is 1.37. The molecule has 2 aromatic heterocycles. The third-order valence-corrected chi connectivity index (χ3v) is 3.62. The molecule has 0 aliphatic heterocycles. The van der Waals surface area contributed by atoms with E-state index in [0.29, 0.717) is 11.4 Å². The number of rotatable bonds is 3. The maximum absolute atomic E-state index is 11.3. The summed E-state index contributed by atoms with van der Waals surface area (Å²) in [6.07, 6.45) is 0. The number of hydrogen-bond donors (Lipinski definition) is 1. The van der Waals surface area contributed by atoms with Gasteiger partial charge in [-0.25, -0.2) is 4.99 Å². The van der Waals surface area contributed by atoms with Gasteiger partial charge in [-0.3, -0.25) is 4.79 Å². The summed E-state index contributed by atoms with van der Waals surface area (Å²) in [6.45, 7) is 2.08. The highest BCUT2D eigenvalue weighted by atomic mass is 32.1. The zero-order chi connectivity index (χ0) is 13.9. The third-order valence-electron chi connectivity index (χ3n) is 2.72. The lowest BCUT2D eigenvalue weighted by atomic mass is 10.2. The molecule has 1 aromatic carbocycles. The average molecular weight is 288 g/mol. The summed E-state index contributed by atoms with van der Waals surface area (Å²) in [6, 6.07) is 7.90. The fraction of sp³-hybridized carbons (Fsp3) is 0.231. The maximum atomic E-state index is 11.3. The number of carbonyl (C=O) groups excluding carboxylic acids is 1. The van der Waals surface area contributed by atoms with Crippen molar-refractivity contribution in [3.63, 3.8) is 0 Å². The smallest absolute Gasteiger partial charge is 0.327 e. The van der Waals surface area contributed by atoms with Gasteiger partial charge >= 0.3 is 5.97 Å². The van der Waals surface area contributed by atoms with E-state index in [1.54, 1.807) is 6.92 Å². The molecule has 0 unspecified atom stereocenters. The molecule has 0 saturated carbocycles. The number of aromatic nitrogens is 3. The van der Waals surface area contributed by atoms with Crippen molar-refractivity contribution < 1.29 is 9.53 Å². The Hall–Kier alpha value is -2.28. The number of ether oxygens (including phenoxy) is 1. The van der Waals surface area contributed by atoms with Gasteiger partial charge in [0.1, 0.15) is 16.9 Å². The molecule has 20 heavy (non-hydrogen) atoms. The fourth-order valence-electron chi connectivity index (χ4n) is 1.88. The lowest BCUT2D eigenvalue weighted by molar-refractivity contribution is -0.141. The highest BCUT2D eigenvalue weighted by Crippen LogP contribution is 2.23. The van der Waals surface area contributed by atoms with Gasteiger partial charge in [-0.15, -0.1) is 10.2 Å². The van der Waals surface area contributed by atoms with Gasteiger partial charge in [0.05, 0.1) is 6.61 Å². The first kappa shape index (κ1) is 12.7. The minimum Gasteiger partial charge on any atom is -0.465 e. The summed E-state index contributed by atoms with van der Waals surface area (Å²) in [5.74, 6) is -0.363. The van der Waals surface area contributed by atoms with Crippen molar-refractivity contribution >= 4 is 38.6 Å². The molecule has 102 valence electrons. The SMILES string of the molecule is CCOC(=O)CN=c1nnc2c([nH]c3ccccc32)s1. The molecule has 6 nitrogen and oxygen atoms in total. The first-order chi connectivity index (χ1) is 9.78. The van der Waals surface area contributed by atoms with E-state index in [0.717, 1.165) is 21.3 Å². The molecule has 7 heteroatoms. The van der Waals surface area contributed by atoms with Gasteiger partial charge in [-0.2, -0.15) is 0 Å². The topological polar surface area (TPSA) is 80.2 Å². The van der Waals surface area contributed by atoms with E-state index in [9.17, 15) is 4.79 Å². The molecule has 0 radical (unpaired) electrons. The number of H-pyrrole nitrogens is 1. The molecule has 3 aromatic rings. The Kier molecular flexibility index (Phi) is 3.42. The van der Waals surface area contributed by atoms with Crippen molar-refractivity contribution in [3.05, 3.63) is 29.1 Å². The van der Waals surface area contributed by atoms with Crippen LogP contribution in [-0.4, -0.2) is 34.3 Å². The molecular formula is C13H12N4O2S. The minimum atomic E-state index is -0.363. The number of benzene rings is 1. The number of esters is 1. The Balaban J connectivity index is 2.00. The molecule has 1 N–H and O–H groups in total. The van der Waals surface area contributed by atoms with Crippen LogP contribution in [0.4, 0.5) is 0 Å². The average Bonchev–Trinajstić information content (AvgIpc) is 2.83. The van der Waals surface area contributed by atoms with Gasteiger partial charge in [-0.1, -0.05) is 29.5 Å². The van der Waals surface area contributed by atoms with E-state index in [2.05, 4.69) is 20.2 Å². The zero-order valence-electron chi connectivity index (χ0n) is 10.8. The quantitative estimate of drug-likeness (QED) is 0.743. The normalized spacial score (nSPS) is 12.2. The largest absolute Gasteiger partial charge is 0.465 e. The van der Waals surface area contributed by atoms with Crippen LogP contribution >= 0.6 is 11.3 Å². The summed E-state index contributed by atoms with van der Waals surface area (Å²) in [7, 11) is 0. The van der Waals surface area contributed by atoms with Crippen LogP contribution in [0.2, 0.25) is 0 Å². The Bertz CT molecular complexity index is 837. The van der Waals surface area contributed by atoms with Crippen LogP contribution in [0.5, 0.6) is 0 Å². The van der Waals surface area contributed by atoms with Gasteiger partial charge < -0.3 is 9.72 Å². The van der Waals surface area contributed by atoms with E-state index in [-0.39, 0.29) is 12.5 Å². The van der Waals surface area contributed by atoms with Crippen LogP contribution in [0, 0.1) is 0 Å². The second kappa shape index (κ2) is 5.38. The molecule has 2 heterocycles. The number of carbonyl (C=O) groups is 1. The van der Waals surface area contributed by atoms with Crippen LogP contribution in [0.1, 0.15) is 6.92 Å². The number of aromatic amines is 1. The highest BCUT2D eigenvalue weighted by Gasteiger charge is 2.06. The van der Waals surface area contributed by atoms with E-state index >= 15 is 0 Å². The van der Waals surface area contributed by atoms with Crippen molar-refractivity contribution in [2.45, 2.75) is 6.92 Å². The molecule has 0 atom stereocenters. The summed E-state index contributed by atoms with van der Waals surface area (Å²) in [4.78, 5) is 20.0. The third kappa shape index (κ3) is 2.39. The van der Waals surface area contributed by atoms with Crippen LogP contribution in [0.15, 0.2) is 29.3 Å². The summed E-state index contributed by atoms with van der Waals surface area (Å²) in [5, 5.41) is 9.24. The van der Waals surface area contributed by atoms with Gasteiger partial charge in [0.15, 0.2) is 0 Å². The standard InChI is InChI=1S/C13H12N4O2S/c1-2-19-10(18)7-14-13-17-16-11-8-5-3-4-6-9(8)15-12(11)20-13/h3-6,15H,2,7H2,1H3. The minimum absolute atomic E-state index is 0.0369. The van der Waals surface area contributed by atoms with Crippen molar-refractivity contribution in [3.8, 4) is 0 Å². The van der Waals surface area contributed by atoms with Gasteiger partial charge in [0.25, 0.3) is 0 Å². The summed E-state index contributed by atoms with van der Waals surface area (Å²) in [5.41, 5.74) is 1.83. The molecule has 0 amide bonds. The Morgan fingerprint density at radius 1 is 1.40 bits per heavy atom. The Morgan fingerprint density at radius 2 is 2.25 bits per heavy atom. The maximum Gasteiger partial charge on any atom is 0.327 e. The highest BCUT2D eigenvalue weighted by molar-refractivity contribution is 7.15. The molecule has 0 aliphatic carbocycles. The number of para-hydroxylation sites is 1. The van der Waals surface area contributed by atoms with E-state index in [4.69, 9.17) is 4.74 Å². The molecule has 0 saturated heterocycles. The number of fused-ring (bicyclic) bond motifs is 3. The van der Waals surface area contributed by atoms with Crippen molar-refractivity contribution in [2.75, 3.05) is 13.2 Å². The predicted octanol–water partition coefficient (Wildman–Crippen LogP) is 1.64. The first-order valence-electron chi connectivity index (χ1n) is 6.18. The lowest BCUT2D eigenvalue weighted by Gasteiger charge is -1.95. The molecule has 0 fully saturated rings. The Morgan fingerprint density at radius 3 is 3.10 bits per heavy atom. The molecule has 0 aliphatic rings. The van der Waals surface area contributed by atoms with E-state index in [1.807, 2.05) is 24.3 Å². The second-order valence-electron chi connectivity index (χ2n) is 4.05. The van der Waals surface area contributed by atoms with Crippen LogP contribution in [-0.2, 0) is 9.53 Å². The summed E-state index contributed by atoms with van der Waals surface area (Å²) < 4.78 is 4.82. The van der Waals surface area contributed by atoms with Gasteiger partial charge in [-0.05, 0) is 13.0 Å². The first-order valence-corrected chi connectivity index (χ1v) is 7.00. The van der Waals surface area contributed by atoms with Gasteiger partial charge in [0.2, 0.25) is 4.80 Å². The molecular weight excluding hydrogens is 276 g/mol. The predicted molar refractivity (Wildman–Crippen MR) is 76.3 cm³/mol. The lowest BCUT2D eigenvalue weighted by Crippen LogP contribution is -2.13. The van der Waals surface area contributed by atoms with E-state index < -0.39 is 0 Å². The van der Waals surface area contributed by atoms with Crippen LogP contribution < -0.4 is 4.80 Å². The molecule has 3 rings (SSSR count). The zero-order valence-corrected chi connectivity index (χ0v) is 11.6. The van der Waals surface area contributed by atoms with Crippen molar-refractivity contribution in [1.82, 2.24) is 15.2 Å². The number of nitrogens with zero attached hydrogens (tertiary/aromatic N) is 3. The fourth-order valence-corrected chi connectivity index (χ4v) is 2.68. The molecule has 0 spiro atoms. The number of hydrogen-bond acceptors (Lipinski definition) is 6. The molecule has 0 bridgehead atoms. The van der Waals surface area contributed by atoms with Gasteiger partial charge in [0, 0.05) is 10.9 Å². The Labute approximate surface area is 118 Å². The monoisotopic (exact) mass is 288 g/mol. The van der Waals surface area contributed by atoms with E-state index in [1.165, 1.54) is 11.3 Å².